The second kappa shape index (κ2) is 40.8. The van der Waals surface area contributed by atoms with Gasteiger partial charge in [-0.3, -0.25) is 28.8 Å². The van der Waals surface area contributed by atoms with Gasteiger partial charge in [0.1, 0.15) is 0 Å². The van der Waals surface area contributed by atoms with E-state index in [0.29, 0.717) is 88.4 Å². The van der Waals surface area contributed by atoms with Gasteiger partial charge in [-0.2, -0.15) is 8.61 Å². The van der Waals surface area contributed by atoms with Crippen molar-refractivity contribution in [1.82, 2.24) is 8.61 Å². The minimum absolute atomic E-state index is 0. The Bertz CT molecular complexity index is 4780. The van der Waals surface area contributed by atoms with Crippen LogP contribution in [0.3, 0.4) is 0 Å². The standard InChI is InChI=1S/2C44H48N4O8S.2K/c2*49-41(33-5-4-6-38(27-33)57(55,56)48(36-21-22-36)35-19-15-32(16-20-35)44(53)54)46-40-24-23-37(47-25-2-1-3-26-47)28-39(40)42(50)45-34-17-11-30(12-18-34)8-7-29-9-13-31(14-10-29)43(51)52;;/h2*4-6,9-14,17-18,23-24,27-28,32,35-36H,1-3,7-8,15-16,19-22,25-26H2,(H,45,50)(H,46,49)(H,51,52)(H,53,54);;/q;;2*+1/p-2. The Kier molecular flexibility index (Phi) is 31.3. The van der Waals surface area contributed by atoms with E-state index in [1.54, 1.807) is 69.3 Å². The summed E-state index contributed by atoms with van der Waals surface area (Å²) in [6.45, 7) is 3.43. The van der Waals surface area contributed by atoms with Crippen LogP contribution >= 0.6 is 0 Å². The summed E-state index contributed by atoms with van der Waals surface area (Å²) >= 11 is 0. The molecule has 4 saturated carbocycles. The van der Waals surface area contributed by atoms with Gasteiger partial charge in [-0.15, -0.1) is 0 Å². The van der Waals surface area contributed by atoms with Crippen molar-refractivity contribution in [2.45, 2.75) is 175 Å². The second-order valence-electron chi connectivity index (χ2n) is 30.6. The molecule has 116 heavy (non-hydrogen) atoms. The zero-order valence-electron chi connectivity index (χ0n) is 65.4. The third-order valence-electron chi connectivity index (χ3n) is 22.6. The fourth-order valence-electron chi connectivity index (χ4n) is 15.9. The fraction of sp³-hybridized carbons (Fsp3) is 0.364. The van der Waals surface area contributed by atoms with Gasteiger partial charge in [-0.25, -0.2) is 16.8 Å². The monoisotopic (exact) mass is 1660 g/mol. The van der Waals surface area contributed by atoms with Crippen LogP contribution in [0.5, 0.6) is 0 Å². The predicted molar refractivity (Wildman–Crippen MR) is 430 cm³/mol. The molecule has 6 fully saturated rings. The molecular formula is C88H94K2N8O16S2. The maximum Gasteiger partial charge on any atom is 1.00 e. The zero-order chi connectivity index (χ0) is 80.2. The third-order valence-corrected chi connectivity index (χ3v) is 26.6. The van der Waals surface area contributed by atoms with E-state index in [1.807, 2.05) is 60.7 Å². The van der Waals surface area contributed by atoms with E-state index in [2.05, 4.69) is 31.1 Å². The molecule has 2 heterocycles. The van der Waals surface area contributed by atoms with Gasteiger partial charge in [0.25, 0.3) is 23.6 Å². The molecule has 14 rings (SSSR count). The molecule has 2 saturated heterocycles. The Morgan fingerprint density at radius 3 is 0.948 bits per heavy atom. The van der Waals surface area contributed by atoms with E-state index < -0.39 is 79.4 Å². The number of amides is 4. The van der Waals surface area contributed by atoms with Crippen LogP contribution in [-0.2, 0) is 55.3 Å². The van der Waals surface area contributed by atoms with Gasteiger partial charge < -0.3 is 61.1 Å². The molecule has 4 amide bonds. The first kappa shape index (κ1) is 89.0. The van der Waals surface area contributed by atoms with Crippen LogP contribution in [0.1, 0.15) is 200 Å². The first-order valence-corrected chi connectivity index (χ1v) is 42.3. The summed E-state index contributed by atoms with van der Waals surface area (Å²) in [7, 11) is -7.98. The number of benzene rings is 8. The molecular weight excluding hydrogens is 1570 g/mol. The smallest absolute Gasteiger partial charge is 0.545 e. The molecule has 0 aromatic heterocycles. The van der Waals surface area contributed by atoms with Crippen LogP contribution in [0.25, 0.3) is 0 Å². The molecule has 8 aromatic carbocycles. The number of carboxylic acids is 4. The summed E-state index contributed by atoms with van der Waals surface area (Å²) in [5.74, 6) is -7.01. The summed E-state index contributed by atoms with van der Waals surface area (Å²) in [5.41, 5.74) is 8.51. The van der Waals surface area contributed by atoms with E-state index in [-0.39, 0.29) is 181 Å². The molecule has 596 valence electrons. The Hall–Kier alpha value is -7.79. The van der Waals surface area contributed by atoms with E-state index in [4.69, 9.17) is 0 Å². The van der Waals surface area contributed by atoms with Crippen LogP contribution in [0.4, 0.5) is 34.1 Å². The molecule has 4 aliphatic carbocycles. The van der Waals surface area contributed by atoms with Crippen molar-refractivity contribution < 1.29 is 178 Å². The zero-order valence-corrected chi connectivity index (χ0v) is 73.3. The molecule has 2 aliphatic heterocycles. The largest absolute Gasteiger partial charge is 1.00 e. The maximum absolute atomic E-state index is 14.1. The number of sulfonamides is 2. The van der Waals surface area contributed by atoms with Gasteiger partial charge in [0.15, 0.2) is 0 Å². The number of carbonyl (C=O) groups is 8. The van der Waals surface area contributed by atoms with E-state index >= 15 is 0 Å². The molecule has 28 heteroatoms. The first-order valence-electron chi connectivity index (χ1n) is 39.5. The van der Waals surface area contributed by atoms with Crippen LogP contribution in [-0.4, -0.2) is 134 Å². The van der Waals surface area contributed by atoms with Gasteiger partial charge in [-0.1, -0.05) is 84.9 Å². The average molecular weight is 1660 g/mol. The van der Waals surface area contributed by atoms with Gasteiger partial charge in [0.2, 0.25) is 20.0 Å². The van der Waals surface area contributed by atoms with Crippen molar-refractivity contribution in [2.75, 3.05) is 57.2 Å². The average Bonchev–Trinajstić information content (AvgIpc) is 1.56. The number of aryl methyl sites for hydroxylation is 4. The number of carbonyl (C=O) groups excluding carboxylic acids is 6. The Morgan fingerprint density at radius 1 is 0.353 bits per heavy atom. The number of anilines is 6. The molecule has 0 radical (unpaired) electrons. The van der Waals surface area contributed by atoms with Crippen molar-refractivity contribution in [1.29, 1.82) is 0 Å². The van der Waals surface area contributed by atoms with Gasteiger partial charge in [-0.05, 0) is 272 Å². The molecule has 8 aromatic rings. The Balaban J connectivity index is 0.000000224. The van der Waals surface area contributed by atoms with E-state index in [9.17, 15) is 75.6 Å². The number of piperidine rings is 2. The van der Waals surface area contributed by atoms with Crippen molar-refractivity contribution in [3.05, 3.63) is 238 Å². The predicted octanol–water partition coefficient (Wildman–Crippen LogP) is 6.26. The fourth-order valence-corrected chi connectivity index (χ4v) is 19.8. The summed E-state index contributed by atoms with van der Waals surface area (Å²) < 4.78 is 59.6. The molecule has 0 bridgehead atoms. The summed E-state index contributed by atoms with van der Waals surface area (Å²) in [5, 5.41) is 52.7. The van der Waals surface area contributed by atoms with E-state index in [1.165, 1.54) is 60.7 Å². The normalized spacial score (nSPS) is 18.2. The molecule has 24 nitrogen and oxygen atoms in total. The Morgan fingerprint density at radius 2 is 0.655 bits per heavy atom. The second-order valence-corrected chi connectivity index (χ2v) is 34.3. The summed E-state index contributed by atoms with van der Waals surface area (Å²) in [6.07, 6.45) is 15.8. The quantitative estimate of drug-likeness (QED) is 0.0295. The third kappa shape index (κ3) is 23.0. The minimum Gasteiger partial charge on any atom is -0.545 e. The van der Waals surface area contributed by atoms with Gasteiger partial charge in [0, 0.05) is 84.2 Å². The molecule has 6 aliphatic rings. The van der Waals surface area contributed by atoms with Crippen LogP contribution in [0.2, 0.25) is 0 Å². The van der Waals surface area contributed by atoms with Crippen molar-refractivity contribution in [3.8, 4) is 0 Å². The first-order chi connectivity index (χ1) is 54.9. The van der Waals surface area contributed by atoms with Crippen LogP contribution in [0, 0.1) is 11.8 Å². The molecule has 0 unspecified atom stereocenters. The number of rotatable bonds is 28. The molecule has 0 spiro atoms. The number of carboxylic acid groups (broad SMARTS) is 4. The minimum atomic E-state index is -3.99. The number of hydrogen-bond acceptors (Lipinski definition) is 16. The molecule has 0 atom stereocenters. The SMILES string of the molecule is O=C([O-])c1ccc(CCc2ccc(NC(=O)c3cc(N4CCCCC4)ccc3NC(=O)c3cccc(S(=O)(=O)N(C4CCC(C(=O)O)CC4)C4CC4)c3)cc2)cc1.O=C([O-])c1ccc(CCc2ccc(NC(=O)c3cc(N4CCCCC4)ccc3NC(=O)c3cccc(S(=O)(=O)N(C4CCC(C(=O)O)CC4)C4CC4)c3)cc2)cc1.[K+].[K+]. The van der Waals surface area contributed by atoms with Crippen LogP contribution in [0.15, 0.2) is 192 Å². The maximum atomic E-state index is 14.1. The summed E-state index contributed by atoms with van der Waals surface area (Å²) in [4.78, 5) is 105. The Labute approximate surface area is 761 Å². The van der Waals surface area contributed by atoms with Crippen molar-refractivity contribution >= 4 is 102 Å². The van der Waals surface area contributed by atoms with Crippen molar-refractivity contribution in [2.24, 2.45) is 11.8 Å². The summed E-state index contributed by atoms with van der Waals surface area (Å²) in [6, 6.07) is 49.9. The van der Waals surface area contributed by atoms with Crippen LogP contribution < -0.4 is 144 Å². The topological polar surface area (TPSA) is 352 Å². The number of aliphatic carboxylic acids is 2. The van der Waals surface area contributed by atoms with Crippen molar-refractivity contribution in [3.63, 3.8) is 0 Å². The number of nitrogens with one attached hydrogen (secondary N) is 4. The number of hydrogen-bond donors (Lipinski definition) is 6. The van der Waals surface area contributed by atoms with E-state index in [0.717, 1.165) is 124 Å². The van der Waals surface area contributed by atoms with Gasteiger partial charge in [0.05, 0.1) is 56.1 Å². The molecule has 6 N–H and O–H groups in total. The number of aromatic carboxylic acids is 2. The van der Waals surface area contributed by atoms with Gasteiger partial charge >= 0.3 is 115 Å². The number of nitrogens with zero attached hydrogens (tertiary/aromatic N) is 4.